The first-order chi connectivity index (χ1) is 17.0. The van der Waals surface area contributed by atoms with Crippen LogP contribution in [0.15, 0.2) is 84.6 Å². The van der Waals surface area contributed by atoms with E-state index >= 15 is 0 Å². The summed E-state index contributed by atoms with van der Waals surface area (Å²) in [7, 11) is 0. The minimum absolute atomic E-state index is 0.187. The van der Waals surface area contributed by atoms with Gasteiger partial charge in [-0.2, -0.15) is 0 Å². The number of ketones is 1. The Bertz CT molecular complexity index is 1500. The van der Waals surface area contributed by atoms with Crippen LogP contribution in [0.25, 0.3) is 33.0 Å². The lowest BCUT2D eigenvalue weighted by Gasteiger charge is -2.09. The highest BCUT2D eigenvalue weighted by Crippen LogP contribution is 2.33. The molecule has 0 atom stereocenters. The minimum atomic E-state index is -0.868. The molecule has 0 saturated carbocycles. The zero-order valence-corrected chi connectivity index (χ0v) is 19.5. The number of hydrogen-bond donors (Lipinski definition) is 0. The van der Waals surface area contributed by atoms with Crippen molar-refractivity contribution in [2.24, 2.45) is 0 Å². The van der Waals surface area contributed by atoms with Gasteiger partial charge in [-0.25, -0.2) is 13.8 Å². The van der Waals surface area contributed by atoms with Gasteiger partial charge in [0, 0.05) is 46.4 Å². The standard InChI is InChI=1S/C28H19F2N3OS/c1-17-7-8-18(28-33-25(16-35-28)20-4-3-11-31-14-20)12-22(17)19-9-10-21(32-15-19)13-26(34)27-23(29)5-2-6-24(27)30/h2-12,14-16H,13H2,1H3. The monoisotopic (exact) mass is 483 g/mol. The first-order valence-electron chi connectivity index (χ1n) is 10.9. The first kappa shape index (κ1) is 22.7. The van der Waals surface area contributed by atoms with Gasteiger partial charge in [0.05, 0.1) is 17.7 Å². The third-order valence-electron chi connectivity index (χ3n) is 5.67. The Morgan fingerprint density at radius 3 is 2.43 bits per heavy atom. The maximum Gasteiger partial charge on any atom is 0.174 e. The van der Waals surface area contributed by atoms with Gasteiger partial charge in [-0.15, -0.1) is 11.3 Å². The molecule has 0 amide bonds. The zero-order chi connectivity index (χ0) is 24.4. The molecule has 172 valence electrons. The molecule has 4 nitrogen and oxygen atoms in total. The molecule has 0 unspecified atom stereocenters. The van der Waals surface area contributed by atoms with Crippen molar-refractivity contribution in [2.75, 3.05) is 0 Å². The van der Waals surface area contributed by atoms with Crippen molar-refractivity contribution < 1.29 is 13.6 Å². The molecule has 0 aliphatic carbocycles. The first-order valence-corrected chi connectivity index (χ1v) is 11.8. The van der Waals surface area contributed by atoms with E-state index in [9.17, 15) is 13.6 Å². The van der Waals surface area contributed by atoms with Gasteiger partial charge >= 0.3 is 0 Å². The topological polar surface area (TPSA) is 55.7 Å². The fourth-order valence-corrected chi connectivity index (χ4v) is 4.65. The molecule has 0 radical (unpaired) electrons. The second-order valence-electron chi connectivity index (χ2n) is 8.04. The summed E-state index contributed by atoms with van der Waals surface area (Å²) in [6.07, 6.45) is 5.01. The van der Waals surface area contributed by atoms with E-state index in [4.69, 9.17) is 4.98 Å². The summed E-state index contributed by atoms with van der Waals surface area (Å²) in [6.45, 7) is 2.01. The van der Waals surface area contributed by atoms with Crippen LogP contribution >= 0.6 is 11.3 Å². The van der Waals surface area contributed by atoms with Crippen molar-refractivity contribution in [1.29, 1.82) is 0 Å². The van der Waals surface area contributed by atoms with E-state index in [1.807, 2.05) is 42.6 Å². The lowest BCUT2D eigenvalue weighted by Crippen LogP contribution is -2.10. The third kappa shape index (κ3) is 4.76. The molecule has 0 aliphatic heterocycles. The molecule has 3 aromatic heterocycles. The Hall–Kier alpha value is -4.10. The molecule has 0 fully saturated rings. The molecule has 5 rings (SSSR count). The lowest BCUT2D eigenvalue weighted by atomic mass is 9.98. The summed E-state index contributed by atoms with van der Waals surface area (Å²) in [5, 5.41) is 2.91. The molecule has 5 aromatic rings. The molecule has 0 saturated heterocycles. The summed E-state index contributed by atoms with van der Waals surface area (Å²) in [5.41, 5.74) is 5.67. The summed E-state index contributed by atoms with van der Waals surface area (Å²) in [5.74, 6) is -2.38. The van der Waals surface area contributed by atoms with Gasteiger partial charge in [-0.3, -0.25) is 14.8 Å². The summed E-state index contributed by atoms with van der Waals surface area (Å²) >= 11 is 1.56. The van der Waals surface area contributed by atoms with Crippen molar-refractivity contribution in [3.63, 3.8) is 0 Å². The Labute approximate surface area is 205 Å². The second kappa shape index (κ2) is 9.64. The smallest absolute Gasteiger partial charge is 0.174 e. The number of aromatic nitrogens is 3. The van der Waals surface area contributed by atoms with Gasteiger partial charge in [-0.1, -0.05) is 24.3 Å². The van der Waals surface area contributed by atoms with Crippen LogP contribution in [-0.2, 0) is 6.42 Å². The molecular weight excluding hydrogens is 464 g/mol. The number of benzene rings is 2. The highest BCUT2D eigenvalue weighted by molar-refractivity contribution is 7.13. The number of carbonyl (C=O) groups is 1. The average molecular weight is 484 g/mol. The minimum Gasteiger partial charge on any atom is -0.294 e. The largest absolute Gasteiger partial charge is 0.294 e. The fourth-order valence-electron chi connectivity index (χ4n) is 3.82. The molecule has 7 heteroatoms. The number of rotatable bonds is 6. The van der Waals surface area contributed by atoms with E-state index in [1.54, 1.807) is 36.0 Å². The van der Waals surface area contributed by atoms with Crippen LogP contribution in [0.5, 0.6) is 0 Å². The molecule has 0 aliphatic rings. The molecular formula is C28H19F2N3OS. The van der Waals surface area contributed by atoms with Gasteiger partial charge in [0.15, 0.2) is 5.78 Å². The summed E-state index contributed by atoms with van der Waals surface area (Å²) in [4.78, 5) is 25.8. The number of carbonyl (C=O) groups excluding carboxylic acids is 1. The number of halogens is 2. The number of pyridine rings is 2. The van der Waals surface area contributed by atoms with Gasteiger partial charge < -0.3 is 0 Å². The van der Waals surface area contributed by atoms with E-state index in [-0.39, 0.29) is 6.42 Å². The van der Waals surface area contributed by atoms with Crippen molar-refractivity contribution in [1.82, 2.24) is 15.0 Å². The predicted molar refractivity (Wildman–Crippen MR) is 133 cm³/mol. The highest BCUT2D eigenvalue weighted by atomic mass is 32.1. The van der Waals surface area contributed by atoms with Crippen molar-refractivity contribution in [2.45, 2.75) is 13.3 Å². The van der Waals surface area contributed by atoms with Crippen LogP contribution in [0.4, 0.5) is 8.78 Å². The number of hydrogen-bond acceptors (Lipinski definition) is 5. The average Bonchev–Trinajstić information content (AvgIpc) is 3.36. The third-order valence-corrected chi connectivity index (χ3v) is 6.56. The second-order valence-corrected chi connectivity index (χ2v) is 8.90. The van der Waals surface area contributed by atoms with Crippen molar-refractivity contribution in [3.05, 3.63) is 113 Å². The Morgan fingerprint density at radius 2 is 1.71 bits per heavy atom. The van der Waals surface area contributed by atoms with Crippen LogP contribution in [0.1, 0.15) is 21.6 Å². The zero-order valence-electron chi connectivity index (χ0n) is 18.7. The maximum absolute atomic E-state index is 13.9. The number of aryl methyl sites for hydroxylation is 1. The van der Waals surface area contributed by atoms with Crippen molar-refractivity contribution in [3.8, 4) is 33.0 Å². The van der Waals surface area contributed by atoms with Crippen molar-refractivity contribution >= 4 is 17.1 Å². The Morgan fingerprint density at radius 1 is 0.914 bits per heavy atom. The number of thiazole rings is 1. The maximum atomic E-state index is 13.9. The molecule has 0 spiro atoms. The van der Waals surface area contributed by atoms with Crippen LogP contribution in [-0.4, -0.2) is 20.7 Å². The molecule has 35 heavy (non-hydrogen) atoms. The van der Waals surface area contributed by atoms with Crippen LogP contribution in [0.3, 0.4) is 0 Å². The molecule has 3 heterocycles. The Kier molecular flexibility index (Phi) is 6.25. The normalized spacial score (nSPS) is 10.9. The number of nitrogens with zero attached hydrogens (tertiary/aromatic N) is 3. The van der Waals surface area contributed by atoms with Gasteiger partial charge in [0.25, 0.3) is 0 Å². The molecule has 0 N–H and O–H groups in total. The fraction of sp³-hybridized carbons (Fsp3) is 0.0714. The predicted octanol–water partition coefficient (Wildman–Crippen LogP) is 6.95. The van der Waals surface area contributed by atoms with Gasteiger partial charge in [0.2, 0.25) is 0 Å². The van der Waals surface area contributed by atoms with Crippen LogP contribution < -0.4 is 0 Å². The molecule has 0 bridgehead atoms. The van der Waals surface area contributed by atoms with E-state index in [0.29, 0.717) is 5.69 Å². The highest BCUT2D eigenvalue weighted by Gasteiger charge is 2.18. The van der Waals surface area contributed by atoms with Gasteiger partial charge in [0.1, 0.15) is 16.6 Å². The van der Waals surface area contributed by atoms with E-state index in [1.165, 1.54) is 6.07 Å². The Balaban J connectivity index is 1.39. The lowest BCUT2D eigenvalue weighted by molar-refractivity contribution is 0.0984. The SMILES string of the molecule is Cc1ccc(-c2nc(-c3cccnc3)cs2)cc1-c1ccc(CC(=O)c2c(F)cccc2F)nc1. The molecule has 2 aromatic carbocycles. The quantitative estimate of drug-likeness (QED) is 0.245. The van der Waals surface area contributed by atoms with Crippen LogP contribution in [0, 0.1) is 18.6 Å². The van der Waals surface area contributed by atoms with E-state index < -0.39 is 23.0 Å². The van der Waals surface area contributed by atoms with E-state index in [2.05, 4.69) is 16.0 Å². The van der Waals surface area contributed by atoms with E-state index in [0.717, 1.165) is 50.7 Å². The van der Waals surface area contributed by atoms with Crippen LogP contribution in [0.2, 0.25) is 0 Å². The number of Topliss-reactive ketones (excluding diaryl/α,β-unsaturated/α-hetero) is 1. The van der Waals surface area contributed by atoms with Gasteiger partial charge in [-0.05, 0) is 54.4 Å². The summed E-state index contributed by atoms with van der Waals surface area (Å²) in [6, 6.07) is 17.0. The summed E-state index contributed by atoms with van der Waals surface area (Å²) < 4.78 is 27.8.